The van der Waals surface area contributed by atoms with Gasteiger partial charge in [0.05, 0.1) is 107 Å². The number of nitrogens with zero attached hydrogens (tertiary/aromatic N) is 7. The van der Waals surface area contributed by atoms with E-state index in [1.807, 2.05) is 42.5 Å². The fourth-order valence-electron chi connectivity index (χ4n) is 9.23. The molecule has 4 aliphatic heterocycles. The predicted molar refractivity (Wildman–Crippen MR) is 275 cm³/mol. The van der Waals surface area contributed by atoms with Gasteiger partial charge in [-0.15, -0.1) is 5.10 Å². The molecule has 0 saturated carbocycles. The molecule has 378 valence electrons. The minimum atomic E-state index is -0.488. The molecule has 2 saturated heterocycles. The van der Waals surface area contributed by atoms with Crippen LogP contribution in [0.25, 0.3) is 27.9 Å². The summed E-state index contributed by atoms with van der Waals surface area (Å²) in [5.74, 6) is 2.17. The van der Waals surface area contributed by atoms with E-state index in [4.69, 9.17) is 42.3 Å². The van der Waals surface area contributed by atoms with Gasteiger partial charge in [0.2, 0.25) is 0 Å². The van der Waals surface area contributed by atoms with Gasteiger partial charge < -0.3 is 61.9 Å². The van der Waals surface area contributed by atoms with Gasteiger partial charge in [-0.25, -0.2) is 9.48 Å². The minimum absolute atomic E-state index is 0.304. The maximum absolute atomic E-state index is 13.4. The van der Waals surface area contributed by atoms with Crippen LogP contribution in [0.2, 0.25) is 0 Å². The van der Waals surface area contributed by atoms with Crippen LogP contribution in [-0.4, -0.2) is 153 Å². The zero-order valence-corrected chi connectivity index (χ0v) is 41.7. The normalized spacial score (nSPS) is 17.2. The van der Waals surface area contributed by atoms with Crippen molar-refractivity contribution in [2.75, 3.05) is 152 Å². The van der Waals surface area contributed by atoms with Crippen molar-refractivity contribution < 1.29 is 42.3 Å². The number of rotatable bonds is 10. The van der Waals surface area contributed by atoms with Crippen LogP contribution >= 0.6 is 0 Å². The molecule has 2 fully saturated rings. The Kier molecular flexibility index (Phi) is 16.2. The molecular formula is C54H67N7O10. The first-order valence-corrected chi connectivity index (χ1v) is 24.8. The highest BCUT2D eigenvalue weighted by molar-refractivity contribution is 5.84. The average Bonchev–Trinajstić information content (AvgIpc) is 3.84. The Labute approximate surface area is 415 Å². The largest absolute Gasteiger partial charge is 0.490 e. The first kappa shape index (κ1) is 49.6. The third-order valence-electron chi connectivity index (χ3n) is 13.2. The Morgan fingerprint density at radius 3 is 2.00 bits per heavy atom. The molecule has 2 bridgehead atoms. The number of benzene rings is 4. The maximum atomic E-state index is 13.4. The quantitative estimate of drug-likeness (QED) is 0.0603. The molecule has 17 nitrogen and oxygen atoms in total. The molecule has 1 spiro atoms. The summed E-state index contributed by atoms with van der Waals surface area (Å²) in [5, 5.41) is 9.70. The summed E-state index contributed by atoms with van der Waals surface area (Å²) in [4.78, 5) is 22.5. The van der Waals surface area contributed by atoms with Crippen LogP contribution < -0.4 is 39.4 Å². The monoisotopic (exact) mass is 973 g/mol. The molecular weight excluding hydrogens is 907 g/mol. The number of aryl methyl sites for hydroxylation is 2. The lowest BCUT2D eigenvalue weighted by molar-refractivity contribution is 0.00756. The lowest BCUT2D eigenvalue weighted by Gasteiger charge is -2.29. The third kappa shape index (κ3) is 11.9. The molecule has 0 radical (unpaired) electrons. The number of aromatic nitrogens is 3. The van der Waals surface area contributed by atoms with Crippen molar-refractivity contribution in [3.05, 3.63) is 107 Å². The summed E-state index contributed by atoms with van der Waals surface area (Å²) in [5.41, 5.74) is 7.04. The van der Waals surface area contributed by atoms with Crippen molar-refractivity contribution in [2.24, 2.45) is 0 Å². The fourth-order valence-corrected chi connectivity index (χ4v) is 9.23. The summed E-state index contributed by atoms with van der Waals surface area (Å²) in [6.07, 6.45) is 1.73. The van der Waals surface area contributed by atoms with Crippen LogP contribution in [0.1, 0.15) is 25.0 Å². The zero-order chi connectivity index (χ0) is 49.2. The number of ether oxygens (including phenoxy) is 8. The van der Waals surface area contributed by atoms with E-state index >= 15 is 0 Å². The van der Waals surface area contributed by atoms with Gasteiger partial charge in [-0.2, -0.15) is 0 Å². The van der Waals surface area contributed by atoms with E-state index in [1.54, 1.807) is 18.0 Å². The van der Waals surface area contributed by atoms with Gasteiger partial charge in [-0.3, -0.25) is 0 Å². The van der Waals surface area contributed by atoms with Crippen molar-refractivity contribution in [1.29, 1.82) is 0 Å². The highest BCUT2D eigenvalue weighted by atomic mass is 16.5. The van der Waals surface area contributed by atoms with E-state index < -0.39 is 5.63 Å². The summed E-state index contributed by atoms with van der Waals surface area (Å²) in [6.45, 7) is 18.4. The Balaban J connectivity index is 1.04. The molecule has 0 unspecified atom stereocenters. The van der Waals surface area contributed by atoms with Gasteiger partial charge in [0.25, 0.3) is 0 Å². The fraction of sp³-hybridized carbons (Fsp3) is 0.463. The summed E-state index contributed by atoms with van der Waals surface area (Å²) < 4.78 is 57.8. The van der Waals surface area contributed by atoms with Crippen molar-refractivity contribution in [1.82, 2.24) is 15.0 Å². The summed E-state index contributed by atoms with van der Waals surface area (Å²) in [6, 6.07) is 26.3. The van der Waals surface area contributed by atoms with Crippen LogP contribution in [0.15, 0.2) is 94.3 Å². The molecule has 4 aromatic carbocycles. The summed E-state index contributed by atoms with van der Waals surface area (Å²) >= 11 is 0. The molecule has 4 aliphatic rings. The standard InChI is InChI=1S/C54H67N7O10/c1-6-57(7-2)42-11-10-41-32-44(53(62)71-49(41)33-42)45-35-61(56-55-45)43-12-15-47(52(34-43)70-29-24-63-5)59-18-22-68-50-30-39(3)8-13-46(50)58-16-20-64-25-27-66-37-54(38-67-28-26-65-21-17-58)36-60(54)48-14-9-40(4)31-51(48)69-23-19-59/h8-15,30-35H,6-7,16-29,36-38H2,1-5H3. The summed E-state index contributed by atoms with van der Waals surface area (Å²) in [7, 11) is 1.65. The Morgan fingerprint density at radius 1 is 0.676 bits per heavy atom. The molecule has 17 heteroatoms. The average molecular weight is 974 g/mol. The Bertz CT molecular complexity index is 2750. The highest BCUT2D eigenvalue weighted by Gasteiger charge is 2.53. The number of methoxy groups -OCH3 is 1. The first-order valence-electron chi connectivity index (χ1n) is 24.8. The number of fused-ring (bicyclic) bond motifs is 19. The SMILES string of the molecule is CCN(CC)c1ccc2cc(-c3cn(-c4ccc(N5CCOc6cc(C)ccc6N6CCOCCOCC7(COCCOCC6)CN7c6ccc(C)cc6OCC5)c(OCCOC)c4)nn3)c(=O)oc2c1. The molecule has 71 heavy (non-hydrogen) atoms. The topological polar surface area (TPSA) is 147 Å². The molecule has 6 heterocycles. The van der Waals surface area contributed by atoms with E-state index in [2.05, 4.69) is 94.0 Å². The van der Waals surface area contributed by atoms with Crippen molar-refractivity contribution in [3.8, 4) is 34.2 Å². The zero-order valence-electron chi connectivity index (χ0n) is 41.7. The maximum Gasteiger partial charge on any atom is 0.345 e. The molecule has 0 aliphatic carbocycles. The number of hydrogen-bond acceptors (Lipinski definition) is 16. The van der Waals surface area contributed by atoms with E-state index in [1.165, 1.54) is 0 Å². The molecule has 0 N–H and O–H groups in total. The molecule has 10 rings (SSSR count). The molecule has 6 aromatic rings. The smallest absolute Gasteiger partial charge is 0.345 e. The highest BCUT2D eigenvalue weighted by Crippen LogP contribution is 2.44. The van der Waals surface area contributed by atoms with Gasteiger partial charge in [-0.1, -0.05) is 17.3 Å². The van der Waals surface area contributed by atoms with Crippen molar-refractivity contribution in [3.63, 3.8) is 0 Å². The van der Waals surface area contributed by atoms with Crippen LogP contribution in [0.5, 0.6) is 17.2 Å². The van der Waals surface area contributed by atoms with E-state index in [0.29, 0.717) is 134 Å². The van der Waals surface area contributed by atoms with Gasteiger partial charge in [0.1, 0.15) is 53.9 Å². The first-order chi connectivity index (χ1) is 34.7. The lowest BCUT2D eigenvalue weighted by atomic mass is 10.1. The van der Waals surface area contributed by atoms with E-state index in [9.17, 15) is 4.79 Å². The third-order valence-corrected chi connectivity index (χ3v) is 13.2. The second-order valence-electron chi connectivity index (χ2n) is 18.1. The van der Waals surface area contributed by atoms with Crippen LogP contribution in [0.4, 0.5) is 22.7 Å². The molecule has 0 amide bonds. The van der Waals surface area contributed by atoms with Crippen LogP contribution in [-0.2, 0) is 23.7 Å². The predicted octanol–water partition coefficient (Wildman–Crippen LogP) is 6.95. The second kappa shape index (κ2) is 23.2. The van der Waals surface area contributed by atoms with Crippen LogP contribution in [0, 0.1) is 13.8 Å². The lowest BCUT2D eigenvalue weighted by Crippen LogP contribution is -2.34. The minimum Gasteiger partial charge on any atom is -0.490 e. The Morgan fingerprint density at radius 2 is 1.31 bits per heavy atom. The van der Waals surface area contributed by atoms with Gasteiger partial charge >= 0.3 is 5.63 Å². The molecule has 2 aromatic heterocycles. The van der Waals surface area contributed by atoms with E-state index in [-0.39, 0.29) is 5.54 Å². The van der Waals surface area contributed by atoms with Crippen molar-refractivity contribution in [2.45, 2.75) is 33.2 Å². The van der Waals surface area contributed by atoms with Crippen LogP contribution in [0.3, 0.4) is 0 Å². The van der Waals surface area contributed by atoms with Gasteiger partial charge in [0.15, 0.2) is 0 Å². The van der Waals surface area contributed by atoms with Crippen molar-refractivity contribution >= 4 is 33.7 Å². The van der Waals surface area contributed by atoms with Gasteiger partial charge in [-0.05, 0) is 93.4 Å². The van der Waals surface area contributed by atoms with Gasteiger partial charge in [0, 0.05) is 63.0 Å². The second-order valence-corrected chi connectivity index (χ2v) is 18.1. The number of hydrogen-bond donors (Lipinski definition) is 0. The Hall–Kier alpha value is -6.37. The molecule has 0 atom stereocenters. The number of anilines is 4. The van der Waals surface area contributed by atoms with E-state index in [0.717, 1.165) is 70.4 Å².